The number of nitrogens with zero attached hydrogens (tertiary/aromatic N) is 2. The molecule has 0 aliphatic rings. The molecule has 0 aliphatic heterocycles. The van der Waals surface area contributed by atoms with Crippen LogP contribution in [0.25, 0.3) is 0 Å². The lowest BCUT2D eigenvalue weighted by Gasteiger charge is -2.06. The van der Waals surface area contributed by atoms with Crippen LogP contribution < -0.4 is 5.32 Å². The van der Waals surface area contributed by atoms with Crippen molar-refractivity contribution in [3.8, 4) is 5.75 Å². The first kappa shape index (κ1) is 11.1. The van der Waals surface area contributed by atoms with Crippen molar-refractivity contribution in [3.63, 3.8) is 0 Å². The Balaban J connectivity index is 2.01. The Morgan fingerprint density at radius 2 is 1.88 bits per heavy atom. The Kier molecular flexibility index (Phi) is 3.30. The Hall–Kier alpha value is -2.43. The summed E-state index contributed by atoms with van der Waals surface area (Å²) in [6.07, 6.45) is 6.01. The van der Waals surface area contributed by atoms with Crippen LogP contribution in [0.15, 0.2) is 43.0 Å². The van der Waals surface area contributed by atoms with Crippen molar-refractivity contribution >= 4 is 5.91 Å². The van der Waals surface area contributed by atoms with Crippen molar-refractivity contribution in [2.24, 2.45) is 0 Å². The monoisotopic (exact) mass is 229 g/mol. The number of rotatable bonds is 3. The molecular weight excluding hydrogens is 218 g/mol. The van der Waals surface area contributed by atoms with Crippen LogP contribution in [0.3, 0.4) is 0 Å². The minimum Gasteiger partial charge on any atom is -0.505 e. The standard InChI is InChI=1S/C12H11N3O2/c16-11-8-14-6-3-10(11)12(17)15-7-9-1-4-13-5-2-9/h1-6,8,16H,7H2,(H,15,17). The smallest absolute Gasteiger partial charge is 0.255 e. The van der Waals surface area contributed by atoms with Crippen molar-refractivity contribution in [3.05, 3.63) is 54.1 Å². The lowest BCUT2D eigenvalue weighted by Crippen LogP contribution is -2.22. The molecule has 17 heavy (non-hydrogen) atoms. The minimum atomic E-state index is -0.332. The van der Waals surface area contributed by atoms with E-state index < -0.39 is 0 Å². The molecular formula is C12H11N3O2. The first-order valence-corrected chi connectivity index (χ1v) is 5.07. The molecule has 1 amide bonds. The summed E-state index contributed by atoms with van der Waals surface area (Å²) in [7, 11) is 0. The SMILES string of the molecule is O=C(NCc1ccncc1)c1ccncc1O. The number of aromatic nitrogens is 2. The van der Waals surface area contributed by atoms with E-state index >= 15 is 0 Å². The van der Waals surface area contributed by atoms with E-state index in [1.54, 1.807) is 12.4 Å². The van der Waals surface area contributed by atoms with E-state index in [1.165, 1.54) is 18.5 Å². The first-order valence-electron chi connectivity index (χ1n) is 5.07. The van der Waals surface area contributed by atoms with E-state index in [1.807, 2.05) is 12.1 Å². The van der Waals surface area contributed by atoms with E-state index in [0.717, 1.165) is 5.56 Å². The van der Waals surface area contributed by atoms with Gasteiger partial charge in [0.2, 0.25) is 0 Å². The van der Waals surface area contributed by atoms with E-state index in [4.69, 9.17) is 0 Å². The highest BCUT2D eigenvalue weighted by molar-refractivity contribution is 5.96. The highest BCUT2D eigenvalue weighted by Gasteiger charge is 2.09. The van der Waals surface area contributed by atoms with Crippen LogP contribution >= 0.6 is 0 Å². The van der Waals surface area contributed by atoms with E-state index in [9.17, 15) is 9.90 Å². The summed E-state index contributed by atoms with van der Waals surface area (Å²) in [5.41, 5.74) is 1.16. The Morgan fingerprint density at radius 1 is 1.18 bits per heavy atom. The third-order valence-corrected chi connectivity index (χ3v) is 2.25. The summed E-state index contributed by atoms with van der Waals surface area (Å²) in [5.74, 6) is -0.457. The number of amides is 1. The van der Waals surface area contributed by atoms with Crippen LogP contribution in [-0.2, 0) is 6.54 Å². The molecule has 86 valence electrons. The zero-order valence-corrected chi connectivity index (χ0v) is 9.00. The molecule has 0 radical (unpaired) electrons. The van der Waals surface area contributed by atoms with Gasteiger partial charge in [-0.15, -0.1) is 0 Å². The van der Waals surface area contributed by atoms with Gasteiger partial charge >= 0.3 is 0 Å². The number of nitrogens with one attached hydrogen (secondary N) is 1. The molecule has 0 aromatic carbocycles. The molecule has 0 saturated heterocycles. The molecule has 2 heterocycles. The van der Waals surface area contributed by atoms with Crippen LogP contribution in [0.2, 0.25) is 0 Å². The van der Waals surface area contributed by atoms with E-state index in [0.29, 0.717) is 6.54 Å². The van der Waals surface area contributed by atoms with Crippen molar-refractivity contribution < 1.29 is 9.90 Å². The van der Waals surface area contributed by atoms with Gasteiger partial charge in [0.1, 0.15) is 5.75 Å². The molecule has 2 aromatic rings. The van der Waals surface area contributed by atoms with Crippen LogP contribution in [0.1, 0.15) is 15.9 Å². The first-order chi connectivity index (χ1) is 8.27. The van der Waals surface area contributed by atoms with Crippen LogP contribution in [0, 0.1) is 0 Å². The molecule has 0 aliphatic carbocycles. The quantitative estimate of drug-likeness (QED) is 0.826. The number of carbonyl (C=O) groups is 1. The van der Waals surface area contributed by atoms with Gasteiger partial charge in [0.05, 0.1) is 11.8 Å². The molecule has 5 nitrogen and oxygen atoms in total. The highest BCUT2D eigenvalue weighted by Crippen LogP contribution is 2.13. The number of pyridine rings is 2. The van der Waals surface area contributed by atoms with Crippen molar-refractivity contribution in [1.29, 1.82) is 0 Å². The predicted octanol–water partition coefficient (Wildman–Crippen LogP) is 1.11. The summed E-state index contributed by atoms with van der Waals surface area (Å²) in [4.78, 5) is 19.3. The van der Waals surface area contributed by atoms with Gasteiger partial charge in [-0.1, -0.05) is 0 Å². The molecule has 0 saturated carbocycles. The second kappa shape index (κ2) is 5.07. The molecule has 0 atom stereocenters. The van der Waals surface area contributed by atoms with Gasteiger partial charge in [0.15, 0.2) is 0 Å². The zero-order chi connectivity index (χ0) is 12.1. The lowest BCUT2D eigenvalue weighted by atomic mass is 10.2. The fourth-order valence-electron chi connectivity index (χ4n) is 1.36. The van der Waals surface area contributed by atoms with Gasteiger partial charge in [-0.2, -0.15) is 0 Å². The van der Waals surface area contributed by atoms with Crippen LogP contribution in [0.5, 0.6) is 5.75 Å². The maximum absolute atomic E-state index is 11.7. The van der Waals surface area contributed by atoms with Crippen molar-refractivity contribution in [2.75, 3.05) is 0 Å². The fraction of sp³-hybridized carbons (Fsp3) is 0.0833. The zero-order valence-electron chi connectivity index (χ0n) is 9.00. The minimum absolute atomic E-state index is 0.125. The van der Waals surface area contributed by atoms with Crippen LogP contribution in [0.4, 0.5) is 0 Å². The summed E-state index contributed by atoms with van der Waals surface area (Å²) in [6, 6.07) is 5.09. The van der Waals surface area contributed by atoms with Gasteiger partial charge in [0, 0.05) is 25.1 Å². The number of carbonyl (C=O) groups excluding carboxylic acids is 1. The van der Waals surface area contributed by atoms with Gasteiger partial charge in [-0.05, 0) is 23.8 Å². The van der Waals surface area contributed by atoms with Crippen molar-refractivity contribution in [2.45, 2.75) is 6.54 Å². The summed E-state index contributed by atoms with van der Waals surface area (Å²) in [6.45, 7) is 0.392. The predicted molar refractivity (Wildman–Crippen MR) is 61.3 cm³/mol. The lowest BCUT2D eigenvalue weighted by molar-refractivity contribution is 0.0948. The third kappa shape index (κ3) is 2.78. The van der Waals surface area contributed by atoms with Gasteiger partial charge in [0.25, 0.3) is 5.91 Å². The van der Waals surface area contributed by atoms with E-state index in [2.05, 4.69) is 15.3 Å². The Morgan fingerprint density at radius 3 is 2.59 bits per heavy atom. The average molecular weight is 229 g/mol. The number of hydrogen-bond donors (Lipinski definition) is 2. The van der Waals surface area contributed by atoms with Gasteiger partial charge < -0.3 is 10.4 Å². The summed E-state index contributed by atoms with van der Waals surface area (Å²) in [5, 5.41) is 12.1. The molecule has 5 heteroatoms. The van der Waals surface area contributed by atoms with Gasteiger partial charge in [-0.25, -0.2) is 0 Å². The molecule has 0 bridgehead atoms. The maximum atomic E-state index is 11.7. The second-order valence-corrected chi connectivity index (χ2v) is 3.43. The highest BCUT2D eigenvalue weighted by atomic mass is 16.3. The van der Waals surface area contributed by atoms with Gasteiger partial charge in [-0.3, -0.25) is 14.8 Å². The third-order valence-electron chi connectivity index (χ3n) is 2.25. The average Bonchev–Trinajstić information content (AvgIpc) is 2.38. The largest absolute Gasteiger partial charge is 0.505 e. The summed E-state index contributed by atoms with van der Waals surface area (Å²) < 4.78 is 0. The Labute approximate surface area is 98.2 Å². The number of hydrogen-bond acceptors (Lipinski definition) is 4. The molecule has 2 N–H and O–H groups in total. The normalized spacial score (nSPS) is 9.88. The van der Waals surface area contributed by atoms with Crippen LogP contribution in [-0.4, -0.2) is 21.0 Å². The Bertz CT molecular complexity index is 514. The topological polar surface area (TPSA) is 75.1 Å². The second-order valence-electron chi connectivity index (χ2n) is 3.43. The van der Waals surface area contributed by atoms with E-state index in [-0.39, 0.29) is 17.2 Å². The molecule has 0 spiro atoms. The molecule has 0 unspecified atom stereocenters. The molecule has 0 fully saturated rings. The number of aromatic hydroxyl groups is 1. The molecule has 2 aromatic heterocycles. The summed E-state index contributed by atoms with van der Waals surface area (Å²) >= 11 is 0. The van der Waals surface area contributed by atoms with Crippen molar-refractivity contribution in [1.82, 2.24) is 15.3 Å². The fourth-order valence-corrected chi connectivity index (χ4v) is 1.36. The maximum Gasteiger partial charge on any atom is 0.255 e. The molecule has 2 rings (SSSR count).